The van der Waals surface area contributed by atoms with Crippen LogP contribution in [-0.4, -0.2) is 55.1 Å². The molecule has 0 bridgehead atoms. The van der Waals surface area contributed by atoms with Gasteiger partial charge in [-0.25, -0.2) is 0 Å². The van der Waals surface area contributed by atoms with Crippen molar-refractivity contribution in [1.82, 2.24) is 18.9 Å². The minimum Gasteiger partial charge on any atom is -0.352 e. The highest BCUT2D eigenvalue weighted by Crippen LogP contribution is 2.20. The highest BCUT2D eigenvalue weighted by molar-refractivity contribution is 7.86. The lowest BCUT2D eigenvalue weighted by atomic mass is 9.99. The van der Waals surface area contributed by atoms with Gasteiger partial charge in [0.1, 0.15) is 0 Å². The molecule has 2 rings (SSSR count). The van der Waals surface area contributed by atoms with Crippen LogP contribution in [0, 0.1) is 5.92 Å². The Kier molecular flexibility index (Phi) is 5.49. The van der Waals surface area contributed by atoms with E-state index >= 15 is 0 Å². The van der Waals surface area contributed by atoms with Gasteiger partial charge in [0, 0.05) is 46.1 Å². The van der Waals surface area contributed by atoms with Crippen LogP contribution in [0.1, 0.15) is 18.4 Å². The summed E-state index contributed by atoms with van der Waals surface area (Å²) in [5, 5.41) is 2.86. The average molecular weight is 326 g/mol. The lowest BCUT2D eigenvalue weighted by Gasteiger charge is -2.32. The lowest BCUT2D eigenvalue weighted by Crippen LogP contribution is -2.48. The molecule has 7 nitrogen and oxygen atoms in total. The second kappa shape index (κ2) is 7.17. The van der Waals surface area contributed by atoms with E-state index in [0.29, 0.717) is 25.9 Å². The molecule has 0 radical (unpaired) electrons. The summed E-state index contributed by atoms with van der Waals surface area (Å²) < 4.78 is 26.9. The zero-order valence-corrected chi connectivity index (χ0v) is 13.7. The van der Waals surface area contributed by atoms with Crippen LogP contribution >= 0.6 is 0 Å². The lowest BCUT2D eigenvalue weighted by molar-refractivity contribution is -0.126. The molecular weight excluding hydrogens is 304 g/mol. The molecule has 0 aromatic carbocycles. The summed E-state index contributed by atoms with van der Waals surface area (Å²) in [5.74, 6) is -0.414. The molecule has 1 unspecified atom stereocenters. The predicted octanol–water partition coefficient (Wildman–Crippen LogP) is 0.216. The number of carbonyl (C=O) groups is 1. The molecule has 0 aliphatic carbocycles. The highest BCUT2D eigenvalue weighted by atomic mass is 32.2. The first kappa shape index (κ1) is 16.9. The van der Waals surface area contributed by atoms with Gasteiger partial charge in [0.15, 0.2) is 0 Å². The molecule has 122 valence electrons. The Hall–Kier alpha value is -1.51. The smallest absolute Gasteiger partial charge is 0.281 e. The van der Waals surface area contributed by atoms with E-state index < -0.39 is 10.2 Å². The van der Waals surface area contributed by atoms with Gasteiger partial charge in [-0.1, -0.05) is 6.07 Å². The minimum atomic E-state index is -3.46. The number of hydrogen-bond acceptors (Lipinski definition) is 4. The topological polar surface area (TPSA) is 82.6 Å². The van der Waals surface area contributed by atoms with Crippen molar-refractivity contribution in [1.29, 1.82) is 0 Å². The van der Waals surface area contributed by atoms with Gasteiger partial charge in [0.05, 0.1) is 5.92 Å². The molecule has 1 saturated heterocycles. The van der Waals surface area contributed by atoms with E-state index in [1.54, 1.807) is 12.4 Å². The quantitative estimate of drug-likeness (QED) is 0.839. The largest absolute Gasteiger partial charge is 0.352 e. The van der Waals surface area contributed by atoms with Gasteiger partial charge in [-0.3, -0.25) is 9.78 Å². The number of amides is 1. The van der Waals surface area contributed by atoms with Gasteiger partial charge in [0.25, 0.3) is 10.2 Å². The number of piperidine rings is 1. The molecule has 1 aromatic heterocycles. The Labute approximate surface area is 131 Å². The Morgan fingerprint density at radius 3 is 2.91 bits per heavy atom. The average Bonchev–Trinajstić information content (AvgIpc) is 2.53. The van der Waals surface area contributed by atoms with Crippen molar-refractivity contribution in [2.75, 3.05) is 27.2 Å². The number of aromatic nitrogens is 1. The van der Waals surface area contributed by atoms with Crippen LogP contribution in [0.15, 0.2) is 24.5 Å². The molecule has 1 atom stereocenters. The monoisotopic (exact) mass is 326 g/mol. The van der Waals surface area contributed by atoms with Gasteiger partial charge in [0.2, 0.25) is 5.91 Å². The standard InChI is InChI=1S/C14H22N4O3S/c1-17(2)22(20,21)18-8-4-6-13(11-18)14(19)16-10-12-5-3-7-15-9-12/h3,5,7,9,13H,4,6,8,10-11H2,1-2H3,(H,16,19). The first-order chi connectivity index (χ1) is 10.4. The Morgan fingerprint density at radius 2 is 2.27 bits per heavy atom. The van der Waals surface area contributed by atoms with E-state index in [4.69, 9.17) is 0 Å². The zero-order chi connectivity index (χ0) is 16.2. The third kappa shape index (κ3) is 4.02. The molecule has 8 heteroatoms. The van der Waals surface area contributed by atoms with E-state index in [-0.39, 0.29) is 18.4 Å². The second-order valence-electron chi connectivity index (χ2n) is 5.57. The van der Waals surface area contributed by atoms with Crippen LogP contribution in [-0.2, 0) is 21.5 Å². The second-order valence-corrected chi connectivity index (χ2v) is 7.71. The summed E-state index contributed by atoms with van der Waals surface area (Å²) in [4.78, 5) is 16.2. The fraction of sp³-hybridized carbons (Fsp3) is 0.571. The van der Waals surface area contributed by atoms with Crippen molar-refractivity contribution < 1.29 is 13.2 Å². The summed E-state index contributed by atoms with van der Waals surface area (Å²) in [5.41, 5.74) is 0.921. The molecule has 1 aromatic rings. The van der Waals surface area contributed by atoms with Gasteiger partial charge in [-0.2, -0.15) is 17.0 Å². The maximum Gasteiger partial charge on any atom is 0.281 e. The molecule has 1 aliphatic rings. The number of hydrogen-bond donors (Lipinski definition) is 1. The first-order valence-corrected chi connectivity index (χ1v) is 8.65. The van der Waals surface area contributed by atoms with Crippen molar-refractivity contribution >= 4 is 16.1 Å². The van der Waals surface area contributed by atoms with Crippen LogP contribution in [0.2, 0.25) is 0 Å². The molecule has 2 heterocycles. The summed E-state index contributed by atoms with van der Waals surface area (Å²) in [6, 6.07) is 3.70. The summed E-state index contributed by atoms with van der Waals surface area (Å²) >= 11 is 0. The van der Waals surface area contributed by atoms with Crippen LogP contribution in [0.4, 0.5) is 0 Å². The fourth-order valence-corrected chi connectivity index (χ4v) is 3.62. The minimum absolute atomic E-state index is 0.109. The van der Waals surface area contributed by atoms with Crippen molar-refractivity contribution in [3.8, 4) is 0 Å². The van der Waals surface area contributed by atoms with E-state index in [9.17, 15) is 13.2 Å². The molecule has 0 saturated carbocycles. The van der Waals surface area contributed by atoms with Gasteiger partial charge < -0.3 is 5.32 Å². The summed E-state index contributed by atoms with van der Waals surface area (Å²) in [7, 11) is -0.454. The summed E-state index contributed by atoms with van der Waals surface area (Å²) in [6.07, 6.45) is 4.77. The van der Waals surface area contributed by atoms with E-state index in [0.717, 1.165) is 5.56 Å². The van der Waals surface area contributed by atoms with Gasteiger partial charge in [-0.05, 0) is 24.5 Å². The normalized spacial score (nSPS) is 20.0. The Balaban J connectivity index is 1.93. The van der Waals surface area contributed by atoms with E-state index in [2.05, 4.69) is 10.3 Å². The van der Waals surface area contributed by atoms with Crippen molar-refractivity contribution in [2.45, 2.75) is 19.4 Å². The van der Waals surface area contributed by atoms with Crippen LogP contribution in [0.3, 0.4) is 0 Å². The number of carbonyl (C=O) groups excluding carboxylic acids is 1. The molecule has 22 heavy (non-hydrogen) atoms. The molecule has 1 fully saturated rings. The molecule has 1 N–H and O–H groups in total. The molecule has 0 spiro atoms. The highest BCUT2D eigenvalue weighted by Gasteiger charge is 2.33. The maximum atomic E-state index is 12.2. The third-order valence-electron chi connectivity index (χ3n) is 3.73. The third-order valence-corrected chi connectivity index (χ3v) is 5.64. The van der Waals surface area contributed by atoms with Gasteiger partial charge in [-0.15, -0.1) is 0 Å². The Bertz CT molecular complexity index is 604. The number of nitrogens with zero attached hydrogens (tertiary/aromatic N) is 3. The fourth-order valence-electron chi connectivity index (χ4n) is 2.43. The number of rotatable bonds is 5. The van der Waals surface area contributed by atoms with Crippen LogP contribution in [0.5, 0.6) is 0 Å². The molecule has 1 amide bonds. The van der Waals surface area contributed by atoms with Crippen LogP contribution in [0.25, 0.3) is 0 Å². The van der Waals surface area contributed by atoms with Crippen molar-refractivity contribution in [2.24, 2.45) is 5.92 Å². The first-order valence-electron chi connectivity index (χ1n) is 7.25. The van der Waals surface area contributed by atoms with E-state index in [1.165, 1.54) is 22.7 Å². The van der Waals surface area contributed by atoms with Crippen LogP contribution < -0.4 is 5.32 Å². The van der Waals surface area contributed by atoms with Crippen molar-refractivity contribution in [3.05, 3.63) is 30.1 Å². The SMILES string of the molecule is CN(C)S(=O)(=O)N1CCCC(C(=O)NCc2cccnc2)C1. The van der Waals surface area contributed by atoms with E-state index in [1.807, 2.05) is 12.1 Å². The maximum absolute atomic E-state index is 12.2. The van der Waals surface area contributed by atoms with Gasteiger partial charge >= 0.3 is 0 Å². The van der Waals surface area contributed by atoms with Crippen molar-refractivity contribution in [3.63, 3.8) is 0 Å². The Morgan fingerprint density at radius 1 is 1.50 bits per heavy atom. The number of pyridine rings is 1. The predicted molar refractivity (Wildman–Crippen MR) is 83.0 cm³/mol. The summed E-state index contributed by atoms with van der Waals surface area (Å²) in [6.45, 7) is 1.11. The zero-order valence-electron chi connectivity index (χ0n) is 12.9. The molecule has 1 aliphatic heterocycles. The molecular formula is C14H22N4O3S. The number of nitrogens with one attached hydrogen (secondary N) is 1.